The van der Waals surface area contributed by atoms with Crippen molar-refractivity contribution in [2.45, 2.75) is 19.0 Å². The van der Waals surface area contributed by atoms with Gasteiger partial charge in [0, 0.05) is 64.8 Å². The normalized spacial score (nSPS) is 18.6. The van der Waals surface area contributed by atoms with Crippen LogP contribution < -0.4 is 4.90 Å². The summed E-state index contributed by atoms with van der Waals surface area (Å²) < 4.78 is 0. The minimum absolute atomic E-state index is 0.108. The van der Waals surface area contributed by atoms with Gasteiger partial charge >= 0.3 is 0 Å². The van der Waals surface area contributed by atoms with Gasteiger partial charge in [0.05, 0.1) is 12.1 Å². The molecule has 0 saturated carbocycles. The predicted octanol–water partition coefficient (Wildman–Crippen LogP) is 2.92. The molecule has 3 aromatic rings. The Morgan fingerprint density at radius 3 is 1.74 bits per heavy atom. The molecule has 1 aromatic heterocycles. The van der Waals surface area contributed by atoms with Crippen LogP contribution in [0.1, 0.15) is 24.1 Å². The summed E-state index contributed by atoms with van der Waals surface area (Å²) in [4.78, 5) is 31.1. The van der Waals surface area contributed by atoms with E-state index in [1.807, 2.05) is 11.0 Å². The second-order valence-corrected chi connectivity index (χ2v) is 9.33. The average molecular weight is 471 g/mol. The minimum atomic E-state index is -0.108. The van der Waals surface area contributed by atoms with E-state index in [9.17, 15) is 4.79 Å². The van der Waals surface area contributed by atoms with E-state index in [2.05, 4.69) is 92.3 Å². The largest absolute Gasteiger partial charge is 0.338 e. The van der Waals surface area contributed by atoms with Crippen LogP contribution in [0, 0.1) is 0 Å². The number of benzene rings is 2. The average Bonchev–Trinajstić information content (AvgIpc) is 2.94. The molecular weight excluding hydrogens is 436 g/mol. The van der Waals surface area contributed by atoms with Crippen molar-refractivity contribution in [2.24, 2.45) is 0 Å². The molecule has 5 rings (SSSR count). The number of carbonyl (C=O) groups is 1. The first-order valence-electron chi connectivity index (χ1n) is 12.6. The van der Waals surface area contributed by atoms with Crippen LogP contribution in [0.15, 0.2) is 79.1 Å². The fourth-order valence-corrected chi connectivity index (χ4v) is 5.27. The number of amides is 1. The van der Waals surface area contributed by atoms with Gasteiger partial charge in [-0.15, -0.1) is 0 Å². The van der Waals surface area contributed by atoms with Crippen molar-refractivity contribution in [3.05, 3.63) is 90.3 Å². The number of anilines is 1. The van der Waals surface area contributed by atoms with Crippen LogP contribution in [-0.4, -0.2) is 89.0 Å². The van der Waals surface area contributed by atoms with Crippen LogP contribution in [0.4, 0.5) is 5.95 Å². The smallest absolute Gasteiger partial charge is 0.239 e. The number of hydrogen-bond acceptors (Lipinski definition) is 6. The molecule has 0 bridgehead atoms. The summed E-state index contributed by atoms with van der Waals surface area (Å²) in [6.07, 6.45) is 3.53. The molecule has 1 unspecified atom stereocenters. The summed E-state index contributed by atoms with van der Waals surface area (Å²) in [6.45, 7) is 8.68. The van der Waals surface area contributed by atoms with Crippen molar-refractivity contribution < 1.29 is 4.79 Å². The summed E-state index contributed by atoms with van der Waals surface area (Å²) in [5.74, 6) is 0.977. The van der Waals surface area contributed by atoms with Crippen molar-refractivity contribution in [3.63, 3.8) is 0 Å². The molecule has 2 saturated heterocycles. The molecule has 2 aromatic carbocycles. The van der Waals surface area contributed by atoms with Crippen LogP contribution in [-0.2, 0) is 4.79 Å². The Hall–Kier alpha value is -3.29. The van der Waals surface area contributed by atoms with E-state index >= 15 is 0 Å². The Bertz CT molecular complexity index is 1020. The molecule has 1 atom stereocenters. The molecule has 7 nitrogen and oxygen atoms in total. The second-order valence-electron chi connectivity index (χ2n) is 9.33. The second kappa shape index (κ2) is 11.0. The van der Waals surface area contributed by atoms with E-state index in [1.54, 1.807) is 12.4 Å². The van der Waals surface area contributed by atoms with E-state index in [4.69, 9.17) is 0 Å². The number of hydrogen-bond donors (Lipinski definition) is 0. The van der Waals surface area contributed by atoms with E-state index in [-0.39, 0.29) is 18.0 Å². The van der Waals surface area contributed by atoms with Crippen LogP contribution in [0.3, 0.4) is 0 Å². The molecule has 0 spiro atoms. The zero-order valence-electron chi connectivity index (χ0n) is 20.4. The Labute approximate surface area is 208 Å². The molecule has 2 aliphatic heterocycles. The maximum Gasteiger partial charge on any atom is 0.239 e. The van der Waals surface area contributed by atoms with Crippen molar-refractivity contribution in [1.82, 2.24) is 24.7 Å². The molecule has 2 aliphatic rings. The number of piperazine rings is 2. The van der Waals surface area contributed by atoms with Gasteiger partial charge in [0.2, 0.25) is 11.9 Å². The van der Waals surface area contributed by atoms with Crippen molar-refractivity contribution in [2.75, 3.05) is 57.3 Å². The first kappa shape index (κ1) is 23.5. The molecule has 0 N–H and O–H groups in total. The van der Waals surface area contributed by atoms with Gasteiger partial charge in [-0.3, -0.25) is 14.6 Å². The predicted molar refractivity (Wildman–Crippen MR) is 138 cm³/mol. The summed E-state index contributed by atoms with van der Waals surface area (Å²) in [7, 11) is 0. The van der Waals surface area contributed by atoms with E-state index < -0.39 is 0 Å². The van der Waals surface area contributed by atoms with Crippen LogP contribution in [0.5, 0.6) is 0 Å². The minimum Gasteiger partial charge on any atom is -0.338 e. The van der Waals surface area contributed by atoms with Gasteiger partial charge < -0.3 is 9.80 Å². The van der Waals surface area contributed by atoms with Gasteiger partial charge in [-0.05, 0) is 24.1 Å². The van der Waals surface area contributed by atoms with E-state index in [1.165, 1.54) is 11.1 Å². The monoisotopic (exact) mass is 470 g/mol. The zero-order chi connectivity index (χ0) is 24.0. The third-order valence-electron chi connectivity index (χ3n) is 7.28. The Morgan fingerprint density at radius 1 is 0.686 bits per heavy atom. The van der Waals surface area contributed by atoms with Gasteiger partial charge in [0.15, 0.2) is 0 Å². The summed E-state index contributed by atoms with van der Waals surface area (Å²) >= 11 is 0. The number of rotatable bonds is 6. The molecule has 35 heavy (non-hydrogen) atoms. The van der Waals surface area contributed by atoms with Gasteiger partial charge in [-0.25, -0.2) is 9.97 Å². The Kier molecular flexibility index (Phi) is 7.35. The highest BCUT2D eigenvalue weighted by Crippen LogP contribution is 2.29. The highest BCUT2D eigenvalue weighted by atomic mass is 16.2. The fraction of sp³-hybridized carbons (Fsp3) is 0.393. The molecular formula is C28H34N6O. The van der Waals surface area contributed by atoms with Gasteiger partial charge in [-0.1, -0.05) is 60.7 Å². The van der Waals surface area contributed by atoms with E-state index in [0.29, 0.717) is 13.1 Å². The molecule has 2 fully saturated rings. The van der Waals surface area contributed by atoms with Gasteiger partial charge in [0.1, 0.15) is 0 Å². The lowest BCUT2D eigenvalue weighted by Crippen LogP contribution is -2.57. The first-order valence-corrected chi connectivity index (χ1v) is 12.6. The number of aromatic nitrogens is 2. The molecule has 1 amide bonds. The highest BCUT2D eigenvalue weighted by molar-refractivity contribution is 5.81. The number of carbonyl (C=O) groups excluding carboxylic acids is 1. The van der Waals surface area contributed by atoms with Crippen LogP contribution in [0.2, 0.25) is 0 Å². The fourth-order valence-electron chi connectivity index (χ4n) is 5.27. The number of nitrogens with zero attached hydrogens (tertiary/aromatic N) is 6. The molecule has 0 radical (unpaired) electrons. The zero-order valence-corrected chi connectivity index (χ0v) is 20.4. The maximum absolute atomic E-state index is 13.3. The summed E-state index contributed by atoms with van der Waals surface area (Å²) in [5.41, 5.74) is 2.63. The summed E-state index contributed by atoms with van der Waals surface area (Å²) in [6, 6.07) is 23.4. The molecule has 0 aliphatic carbocycles. The van der Waals surface area contributed by atoms with Gasteiger partial charge in [0.25, 0.3) is 0 Å². The van der Waals surface area contributed by atoms with Gasteiger partial charge in [-0.2, -0.15) is 0 Å². The summed E-state index contributed by atoms with van der Waals surface area (Å²) in [5, 5.41) is 0. The van der Waals surface area contributed by atoms with Crippen molar-refractivity contribution in [1.29, 1.82) is 0 Å². The lowest BCUT2D eigenvalue weighted by Gasteiger charge is -2.43. The topological polar surface area (TPSA) is 55.8 Å². The van der Waals surface area contributed by atoms with Crippen LogP contribution >= 0.6 is 0 Å². The lowest BCUT2D eigenvalue weighted by atomic mass is 9.96. The Balaban J connectivity index is 1.18. The lowest BCUT2D eigenvalue weighted by molar-refractivity contribution is -0.137. The third kappa shape index (κ3) is 5.36. The molecule has 7 heteroatoms. The van der Waals surface area contributed by atoms with Crippen molar-refractivity contribution in [3.8, 4) is 0 Å². The maximum atomic E-state index is 13.3. The molecule has 3 heterocycles. The first-order chi connectivity index (χ1) is 17.2. The quantitative estimate of drug-likeness (QED) is 0.552. The standard InChI is InChI=1S/C28H34N6O/c1-23(27(35)33-19-21-34(22-20-33)28-29-13-8-14-30-28)31-15-17-32(18-16-31)26(24-9-4-2-5-10-24)25-11-6-3-7-12-25/h2-14,23,26H,15-22H2,1H3. The Morgan fingerprint density at radius 2 is 1.20 bits per heavy atom. The SMILES string of the molecule is CC(C(=O)N1CCN(c2ncccn2)CC1)N1CCN(C(c2ccccc2)c2ccccc2)CC1. The van der Waals surface area contributed by atoms with Crippen LogP contribution in [0.25, 0.3) is 0 Å². The van der Waals surface area contributed by atoms with E-state index in [0.717, 1.165) is 45.2 Å². The molecule has 182 valence electrons. The third-order valence-corrected chi connectivity index (χ3v) is 7.28. The van der Waals surface area contributed by atoms with Crippen molar-refractivity contribution >= 4 is 11.9 Å². The highest BCUT2D eigenvalue weighted by Gasteiger charge is 2.33.